The molecule has 96 valence electrons. The van der Waals surface area contributed by atoms with Crippen LogP contribution in [0.4, 0.5) is 5.95 Å². The van der Waals surface area contributed by atoms with E-state index in [1.807, 2.05) is 0 Å². The average molecular weight is 244 g/mol. The van der Waals surface area contributed by atoms with E-state index in [1.54, 1.807) is 0 Å². The lowest BCUT2D eigenvalue weighted by Gasteiger charge is -2.29. The van der Waals surface area contributed by atoms with Crippen LogP contribution in [0.3, 0.4) is 0 Å². The number of hydrogen-bond acceptors (Lipinski definition) is 3. The number of rotatable bonds is 2. The largest absolute Gasteiger partial charge is 0.340 e. The molecule has 0 aliphatic carbocycles. The van der Waals surface area contributed by atoms with Crippen molar-refractivity contribution in [2.45, 2.75) is 19.9 Å². The fraction of sp³-hybridized carbons (Fsp3) is 0.500. The molecule has 3 rings (SSSR count). The number of fused-ring (bicyclic) bond motifs is 1. The summed E-state index contributed by atoms with van der Waals surface area (Å²) in [6.45, 7) is 8.61. The van der Waals surface area contributed by atoms with Gasteiger partial charge in [-0.05, 0) is 26.0 Å². The highest BCUT2D eigenvalue weighted by Gasteiger charge is 2.19. The fourth-order valence-corrected chi connectivity index (χ4v) is 2.63. The SMILES string of the molecule is CC(C)n1c(N2CCNCC2)nc2ccccc21. The number of imidazole rings is 1. The molecule has 2 aromatic rings. The lowest BCUT2D eigenvalue weighted by Crippen LogP contribution is -2.44. The third kappa shape index (κ3) is 1.86. The quantitative estimate of drug-likeness (QED) is 0.877. The van der Waals surface area contributed by atoms with Gasteiger partial charge < -0.3 is 14.8 Å². The van der Waals surface area contributed by atoms with Gasteiger partial charge >= 0.3 is 0 Å². The summed E-state index contributed by atoms with van der Waals surface area (Å²) in [5.41, 5.74) is 2.33. The molecule has 1 saturated heterocycles. The molecular weight excluding hydrogens is 224 g/mol. The Balaban J connectivity index is 2.11. The maximum Gasteiger partial charge on any atom is 0.206 e. The Morgan fingerprint density at radius 2 is 1.89 bits per heavy atom. The third-order valence-corrected chi connectivity index (χ3v) is 3.49. The lowest BCUT2D eigenvalue weighted by atomic mass is 10.3. The second-order valence-corrected chi connectivity index (χ2v) is 5.10. The second kappa shape index (κ2) is 4.61. The van der Waals surface area contributed by atoms with Crippen LogP contribution in [0.15, 0.2) is 24.3 Å². The van der Waals surface area contributed by atoms with Crippen molar-refractivity contribution < 1.29 is 0 Å². The van der Waals surface area contributed by atoms with Gasteiger partial charge in [0.1, 0.15) is 0 Å². The van der Waals surface area contributed by atoms with E-state index in [9.17, 15) is 0 Å². The van der Waals surface area contributed by atoms with Gasteiger partial charge in [0.15, 0.2) is 0 Å². The molecule has 0 amide bonds. The molecule has 0 unspecified atom stereocenters. The first-order chi connectivity index (χ1) is 8.77. The van der Waals surface area contributed by atoms with Gasteiger partial charge in [-0.15, -0.1) is 0 Å². The van der Waals surface area contributed by atoms with E-state index in [-0.39, 0.29) is 0 Å². The third-order valence-electron chi connectivity index (χ3n) is 3.49. The highest BCUT2D eigenvalue weighted by atomic mass is 15.3. The lowest BCUT2D eigenvalue weighted by molar-refractivity contribution is 0.548. The Morgan fingerprint density at radius 3 is 2.61 bits per heavy atom. The molecule has 1 aliphatic rings. The number of piperazine rings is 1. The first-order valence-corrected chi connectivity index (χ1v) is 6.70. The maximum atomic E-state index is 4.82. The van der Waals surface area contributed by atoms with Gasteiger partial charge in [-0.25, -0.2) is 4.98 Å². The van der Waals surface area contributed by atoms with Gasteiger partial charge in [0.25, 0.3) is 0 Å². The zero-order valence-electron chi connectivity index (χ0n) is 11.1. The molecule has 0 spiro atoms. The molecule has 1 fully saturated rings. The first kappa shape index (κ1) is 11.5. The Bertz CT molecular complexity index is 538. The van der Waals surface area contributed by atoms with Gasteiger partial charge in [0.2, 0.25) is 5.95 Å². The fourth-order valence-electron chi connectivity index (χ4n) is 2.63. The predicted octanol–water partition coefficient (Wildman–Crippen LogP) is 2.03. The summed E-state index contributed by atoms with van der Waals surface area (Å²) in [4.78, 5) is 7.20. The van der Waals surface area contributed by atoms with Crippen molar-refractivity contribution in [3.8, 4) is 0 Å². The minimum absolute atomic E-state index is 0.433. The Morgan fingerprint density at radius 1 is 1.17 bits per heavy atom. The van der Waals surface area contributed by atoms with Crippen LogP contribution in [0.5, 0.6) is 0 Å². The minimum Gasteiger partial charge on any atom is -0.340 e. The molecule has 0 atom stereocenters. The van der Waals surface area contributed by atoms with Crippen molar-refractivity contribution in [3.05, 3.63) is 24.3 Å². The summed E-state index contributed by atoms with van der Waals surface area (Å²) in [5.74, 6) is 1.12. The molecule has 4 nitrogen and oxygen atoms in total. The maximum absolute atomic E-state index is 4.82. The number of anilines is 1. The van der Waals surface area contributed by atoms with E-state index >= 15 is 0 Å². The molecule has 2 heterocycles. The Kier molecular flexibility index (Phi) is 2.96. The second-order valence-electron chi connectivity index (χ2n) is 5.10. The molecule has 0 radical (unpaired) electrons. The van der Waals surface area contributed by atoms with Crippen molar-refractivity contribution in [2.75, 3.05) is 31.1 Å². The van der Waals surface area contributed by atoms with Crippen LogP contribution in [0.25, 0.3) is 11.0 Å². The molecule has 4 heteroatoms. The van der Waals surface area contributed by atoms with E-state index < -0.39 is 0 Å². The molecule has 0 saturated carbocycles. The van der Waals surface area contributed by atoms with Gasteiger partial charge in [-0.1, -0.05) is 12.1 Å². The zero-order chi connectivity index (χ0) is 12.5. The van der Waals surface area contributed by atoms with E-state index in [0.29, 0.717) is 6.04 Å². The molecule has 0 bridgehead atoms. The molecule has 18 heavy (non-hydrogen) atoms. The van der Waals surface area contributed by atoms with Crippen LogP contribution < -0.4 is 10.2 Å². The number of benzene rings is 1. The van der Waals surface area contributed by atoms with Gasteiger partial charge in [0, 0.05) is 32.2 Å². The van der Waals surface area contributed by atoms with E-state index in [2.05, 4.69) is 52.9 Å². The van der Waals surface area contributed by atoms with Crippen molar-refractivity contribution in [3.63, 3.8) is 0 Å². The Labute approximate surface area is 108 Å². The summed E-state index contributed by atoms with van der Waals surface area (Å²) in [6.07, 6.45) is 0. The molecule has 1 aliphatic heterocycles. The number of nitrogens with one attached hydrogen (secondary N) is 1. The van der Waals surface area contributed by atoms with Crippen LogP contribution in [0, 0.1) is 0 Å². The highest BCUT2D eigenvalue weighted by Crippen LogP contribution is 2.26. The Hall–Kier alpha value is -1.55. The van der Waals surface area contributed by atoms with Gasteiger partial charge in [0.05, 0.1) is 11.0 Å². The van der Waals surface area contributed by atoms with Crippen molar-refractivity contribution in [1.82, 2.24) is 14.9 Å². The number of nitrogens with zero attached hydrogens (tertiary/aromatic N) is 3. The monoisotopic (exact) mass is 244 g/mol. The molecular formula is C14H20N4. The van der Waals surface area contributed by atoms with E-state index in [1.165, 1.54) is 5.52 Å². The first-order valence-electron chi connectivity index (χ1n) is 6.70. The van der Waals surface area contributed by atoms with Crippen molar-refractivity contribution in [2.24, 2.45) is 0 Å². The van der Waals surface area contributed by atoms with Crippen LogP contribution >= 0.6 is 0 Å². The minimum atomic E-state index is 0.433. The van der Waals surface area contributed by atoms with E-state index in [4.69, 9.17) is 4.98 Å². The standard InChI is InChI=1S/C14H20N4/c1-11(2)18-13-6-4-3-5-12(13)16-14(18)17-9-7-15-8-10-17/h3-6,11,15H,7-10H2,1-2H3. The summed E-state index contributed by atoms with van der Waals surface area (Å²) in [5, 5.41) is 3.39. The van der Waals surface area contributed by atoms with Crippen LogP contribution in [0.2, 0.25) is 0 Å². The molecule has 1 aromatic heterocycles. The predicted molar refractivity (Wildman–Crippen MR) is 75.2 cm³/mol. The van der Waals surface area contributed by atoms with Gasteiger partial charge in [-0.2, -0.15) is 0 Å². The van der Waals surface area contributed by atoms with Gasteiger partial charge in [-0.3, -0.25) is 0 Å². The summed E-state index contributed by atoms with van der Waals surface area (Å²) in [7, 11) is 0. The average Bonchev–Trinajstić information content (AvgIpc) is 2.79. The van der Waals surface area contributed by atoms with Crippen molar-refractivity contribution in [1.29, 1.82) is 0 Å². The summed E-state index contributed by atoms with van der Waals surface area (Å²) < 4.78 is 2.35. The highest BCUT2D eigenvalue weighted by molar-refractivity contribution is 5.79. The normalized spacial score (nSPS) is 16.7. The van der Waals surface area contributed by atoms with Crippen LogP contribution in [0.1, 0.15) is 19.9 Å². The number of aromatic nitrogens is 2. The summed E-state index contributed by atoms with van der Waals surface area (Å²) in [6, 6.07) is 8.84. The summed E-state index contributed by atoms with van der Waals surface area (Å²) >= 11 is 0. The van der Waals surface area contributed by atoms with Crippen molar-refractivity contribution >= 4 is 17.0 Å². The van der Waals surface area contributed by atoms with Crippen LogP contribution in [-0.2, 0) is 0 Å². The van der Waals surface area contributed by atoms with Crippen LogP contribution in [-0.4, -0.2) is 35.7 Å². The topological polar surface area (TPSA) is 33.1 Å². The number of para-hydroxylation sites is 2. The molecule has 1 aromatic carbocycles. The van der Waals surface area contributed by atoms with E-state index in [0.717, 1.165) is 37.6 Å². The number of hydrogen-bond donors (Lipinski definition) is 1. The zero-order valence-corrected chi connectivity index (χ0v) is 11.1. The molecule has 1 N–H and O–H groups in total. The smallest absolute Gasteiger partial charge is 0.206 e.